The first-order chi connectivity index (χ1) is 15.4. The highest BCUT2D eigenvalue weighted by atomic mass is 15.1. The van der Waals surface area contributed by atoms with Gasteiger partial charge in [0.15, 0.2) is 0 Å². The maximum atomic E-state index is 3.92. The third kappa shape index (κ3) is 5.89. The van der Waals surface area contributed by atoms with Gasteiger partial charge in [0.05, 0.1) is 0 Å². The van der Waals surface area contributed by atoms with Crippen LogP contribution in [-0.2, 0) is 0 Å². The number of benzene rings is 2. The number of allylic oxidation sites excluding steroid dienone is 3. The molecule has 168 valence electrons. The van der Waals surface area contributed by atoms with Gasteiger partial charge < -0.3 is 10.2 Å². The zero-order chi connectivity index (χ0) is 23.1. The largest absolute Gasteiger partial charge is 0.370 e. The monoisotopic (exact) mass is 426 g/mol. The standard InChI is InChI=1S/C30H38N2/c1-7-26-20-24(5)30(25(6)21-26)32(8-2)17-16-31-29-22(3)18-28(19-23(29)4)15-14-27-12-10-9-11-13-27/h7,9-15,18-22,29,31H,1,8,16-17H2,2-6H3/t22-,29-/m1/s1. The maximum Gasteiger partial charge on any atom is 0.0426 e. The van der Waals surface area contributed by atoms with Crippen LogP contribution in [0.3, 0.4) is 0 Å². The van der Waals surface area contributed by atoms with Crippen LogP contribution >= 0.6 is 0 Å². The van der Waals surface area contributed by atoms with Crippen molar-refractivity contribution in [1.82, 2.24) is 5.32 Å². The van der Waals surface area contributed by atoms with E-state index in [1.165, 1.54) is 39.1 Å². The minimum atomic E-state index is 0.382. The number of likely N-dealkylation sites (N-methyl/N-ethyl adjacent to an activating group) is 1. The topological polar surface area (TPSA) is 15.3 Å². The predicted octanol–water partition coefficient (Wildman–Crippen LogP) is 6.97. The molecule has 2 aromatic rings. The lowest BCUT2D eigenvalue weighted by Crippen LogP contribution is -2.41. The van der Waals surface area contributed by atoms with Crippen LogP contribution in [0.4, 0.5) is 5.69 Å². The molecule has 0 saturated carbocycles. The van der Waals surface area contributed by atoms with Gasteiger partial charge in [-0.1, -0.05) is 79.8 Å². The van der Waals surface area contributed by atoms with Gasteiger partial charge in [0.1, 0.15) is 0 Å². The second-order valence-corrected chi connectivity index (χ2v) is 8.88. The Kier molecular flexibility index (Phi) is 8.30. The fourth-order valence-corrected chi connectivity index (χ4v) is 4.81. The van der Waals surface area contributed by atoms with Crippen molar-refractivity contribution in [3.8, 4) is 0 Å². The normalized spacial score (nSPS) is 18.4. The van der Waals surface area contributed by atoms with Gasteiger partial charge in [0.25, 0.3) is 0 Å². The van der Waals surface area contributed by atoms with Crippen LogP contribution in [0.25, 0.3) is 12.2 Å². The Labute approximate surface area is 195 Å². The van der Waals surface area contributed by atoms with Crippen LogP contribution in [0.1, 0.15) is 43.0 Å². The summed E-state index contributed by atoms with van der Waals surface area (Å²) in [7, 11) is 0. The Bertz CT molecular complexity index is 987. The zero-order valence-electron chi connectivity index (χ0n) is 20.4. The van der Waals surface area contributed by atoms with E-state index < -0.39 is 0 Å². The number of hydrogen-bond donors (Lipinski definition) is 1. The highest BCUT2D eigenvalue weighted by molar-refractivity contribution is 5.64. The van der Waals surface area contributed by atoms with Crippen molar-refractivity contribution >= 4 is 17.8 Å². The minimum absolute atomic E-state index is 0.382. The van der Waals surface area contributed by atoms with E-state index in [9.17, 15) is 0 Å². The van der Waals surface area contributed by atoms with E-state index >= 15 is 0 Å². The van der Waals surface area contributed by atoms with Crippen LogP contribution in [-0.4, -0.2) is 25.7 Å². The van der Waals surface area contributed by atoms with Gasteiger partial charge in [0.2, 0.25) is 0 Å². The fraction of sp³-hybridized carbons (Fsp3) is 0.333. The lowest BCUT2D eigenvalue weighted by atomic mass is 9.87. The Balaban J connectivity index is 1.61. The Hall–Kier alpha value is -2.84. The summed E-state index contributed by atoms with van der Waals surface area (Å²) in [5.41, 5.74) is 9.12. The molecule has 0 bridgehead atoms. The van der Waals surface area contributed by atoms with E-state index in [2.05, 4.69) is 118 Å². The highest BCUT2D eigenvalue weighted by Crippen LogP contribution is 2.27. The van der Waals surface area contributed by atoms with E-state index in [1.807, 2.05) is 6.08 Å². The van der Waals surface area contributed by atoms with Crippen LogP contribution < -0.4 is 10.2 Å². The summed E-state index contributed by atoms with van der Waals surface area (Å²) >= 11 is 0. The van der Waals surface area contributed by atoms with Gasteiger partial charge in [0, 0.05) is 31.4 Å². The molecule has 0 heterocycles. The number of nitrogens with zero attached hydrogens (tertiary/aromatic N) is 1. The molecule has 1 aliphatic carbocycles. The quantitative estimate of drug-likeness (QED) is 0.466. The SMILES string of the molecule is C=Cc1cc(C)c(N(CC)CCN[C@H]2C(C)=CC(C=Cc3ccccc3)=C[C@H]2C)c(C)c1. The van der Waals surface area contributed by atoms with Crippen LogP contribution in [0.5, 0.6) is 0 Å². The molecule has 2 aromatic carbocycles. The van der Waals surface area contributed by atoms with Gasteiger partial charge >= 0.3 is 0 Å². The predicted molar refractivity (Wildman–Crippen MR) is 142 cm³/mol. The second kappa shape index (κ2) is 11.2. The van der Waals surface area contributed by atoms with Crippen molar-refractivity contribution < 1.29 is 0 Å². The number of nitrogens with one attached hydrogen (secondary N) is 1. The Morgan fingerprint density at radius 1 is 1.00 bits per heavy atom. The van der Waals surface area contributed by atoms with Gasteiger partial charge in [-0.3, -0.25) is 0 Å². The summed E-state index contributed by atoms with van der Waals surface area (Å²) in [5.74, 6) is 0.459. The van der Waals surface area contributed by atoms with Crippen LogP contribution in [0.2, 0.25) is 0 Å². The first-order valence-electron chi connectivity index (χ1n) is 11.8. The molecule has 0 spiro atoms. The first kappa shape index (κ1) is 23.8. The highest BCUT2D eigenvalue weighted by Gasteiger charge is 2.21. The summed E-state index contributed by atoms with van der Waals surface area (Å²) < 4.78 is 0. The summed E-state index contributed by atoms with van der Waals surface area (Å²) in [6.07, 6.45) is 11.0. The molecular weight excluding hydrogens is 388 g/mol. The third-order valence-corrected chi connectivity index (χ3v) is 6.33. The molecular formula is C30H38N2. The summed E-state index contributed by atoms with van der Waals surface area (Å²) in [6, 6.07) is 15.3. The second-order valence-electron chi connectivity index (χ2n) is 8.88. The molecule has 0 amide bonds. The molecule has 0 unspecified atom stereocenters. The average molecular weight is 427 g/mol. The lowest BCUT2D eigenvalue weighted by Gasteiger charge is -2.31. The molecule has 1 aliphatic rings. The molecule has 1 N–H and O–H groups in total. The van der Waals surface area contributed by atoms with Crippen molar-refractivity contribution in [1.29, 1.82) is 0 Å². The number of aryl methyl sites for hydroxylation is 2. The molecule has 0 fully saturated rings. The molecule has 2 atom stereocenters. The maximum absolute atomic E-state index is 3.92. The zero-order valence-corrected chi connectivity index (χ0v) is 20.4. The van der Waals surface area contributed by atoms with E-state index in [0.717, 1.165) is 19.6 Å². The van der Waals surface area contributed by atoms with Crippen LogP contribution in [0.15, 0.2) is 78.4 Å². The van der Waals surface area contributed by atoms with E-state index in [0.29, 0.717) is 12.0 Å². The van der Waals surface area contributed by atoms with Crippen molar-refractivity contribution in [2.24, 2.45) is 5.92 Å². The molecule has 0 radical (unpaired) electrons. The summed E-state index contributed by atoms with van der Waals surface area (Å²) in [4.78, 5) is 2.49. The molecule has 2 heteroatoms. The molecule has 0 aromatic heterocycles. The van der Waals surface area contributed by atoms with E-state index in [1.54, 1.807) is 0 Å². The van der Waals surface area contributed by atoms with Gasteiger partial charge in [-0.15, -0.1) is 0 Å². The van der Waals surface area contributed by atoms with Crippen molar-refractivity contribution in [3.05, 3.63) is 101 Å². The molecule has 3 rings (SSSR count). The molecule has 2 nitrogen and oxygen atoms in total. The molecule has 0 saturated heterocycles. The minimum Gasteiger partial charge on any atom is -0.370 e. The average Bonchev–Trinajstić information content (AvgIpc) is 2.78. The van der Waals surface area contributed by atoms with Crippen molar-refractivity contribution in [2.45, 2.75) is 40.7 Å². The number of rotatable bonds is 9. The Morgan fingerprint density at radius 2 is 1.69 bits per heavy atom. The number of anilines is 1. The molecule has 0 aliphatic heterocycles. The van der Waals surface area contributed by atoms with Crippen molar-refractivity contribution in [2.75, 3.05) is 24.5 Å². The van der Waals surface area contributed by atoms with Gasteiger partial charge in [-0.2, -0.15) is 0 Å². The number of hydrogen-bond acceptors (Lipinski definition) is 2. The summed E-state index contributed by atoms with van der Waals surface area (Å²) in [5, 5.41) is 3.82. The smallest absolute Gasteiger partial charge is 0.0426 e. The summed E-state index contributed by atoms with van der Waals surface area (Å²) in [6.45, 7) is 18.1. The van der Waals surface area contributed by atoms with Gasteiger partial charge in [-0.05, 0) is 73.6 Å². The third-order valence-electron chi connectivity index (χ3n) is 6.33. The van der Waals surface area contributed by atoms with Crippen LogP contribution in [0, 0.1) is 19.8 Å². The molecule has 32 heavy (non-hydrogen) atoms. The fourth-order valence-electron chi connectivity index (χ4n) is 4.81. The van der Waals surface area contributed by atoms with Crippen molar-refractivity contribution in [3.63, 3.8) is 0 Å². The Morgan fingerprint density at radius 3 is 2.28 bits per heavy atom. The van der Waals surface area contributed by atoms with Gasteiger partial charge in [-0.25, -0.2) is 0 Å². The van der Waals surface area contributed by atoms with E-state index in [-0.39, 0.29) is 0 Å². The first-order valence-corrected chi connectivity index (χ1v) is 11.8. The lowest BCUT2D eigenvalue weighted by molar-refractivity contribution is 0.475. The van der Waals surface area contributed by atoms with E-state index in [4.69, 9.17) is 0 Å².